The molecule has 0 saturated heterocycles. The van der Waals surface area contributed by atoms with E-state index in [-0.39, 0.29) is 54.0 Å². The van der Waals surface area contributed by atoms with E-state index in [1.165, 1.54) is 0 Å². The van der Waals surface area contributed by atoms with Crippen LogP contribution in [0.1, 0.15) is 34.6 Å². The van der Waals surface area contributed by atoms with Gasteiger partial charge in [-0.25, -0.2) is 4.99 Å². The molecule has 0 aliphatic carbocycles. The van der Waals surface area contributed by atoms with E-state index in [1.54, 1.807) is 0 Å². The number of carbonyl (C=O) groups is 1. The molecule has 0 bridgehead atoms. The maximum absolute atomic E-state index is 11.6. The van der Waals surface area contributed by atoms with Gasteiger partial charge in [-0.2, -0.15) is 0 Å². The number of rotatable bonds is 5. The Kier molecular flexibility index (Phi) is 8.96. The molecule has 0 atom stereocenters. The van der Waals surface area contributed by atoms with Gasteiger partial charge in [0.15, 0.2) is 5.96 Å². The number of hydrogen-bond acceptors (Lipinski definition) is 3. The highest BCUT2D eigenvalue weighted by Gasteiger charge is 2.12. The number of benzene rings is 1. The van der Waals surface area contributed by atoms with Gasteiger partial charge in [-0.3, -0.25) is 4.79 Å². The topological polar surface area (TPSA) is 88.7 Å². The summed E-state index contributed by atoms with van der Waals surface area (Å²) in [5, 5.41) is 5.75. The Bertz CT molecular complexity index is 522. The summed E-state index contributed by atoms with van der Waals surface area (Å²) in [6, 6.07) is 7.38. The summed E-state index contributed by atoms with van der Waals surface area (Å²) >= 11 is 0. The minimum atomic E-state index is -0.277. The number of ether oxygens (including phenoxy) is 1. The summed E-state index contributed by atoms with van der Waals surface area (Å²) in [6.07, 6.45) is 0.131. The maximum Gasteiger partial charge on any atom is 0.242 e. The first kappa shape index (κ1) is 21.5. The van der Waals surface area contributed by atoms with Crippen LogP contribution < -0.4 is 21.1 Å². The lowest BCUT2D eigenvalue weighted by Crippen LogP contribution is -2.42. The lowest BCUT2D eigenvalue weighted by molar-refractivity contribution is -0.121. The van der Waals surface area contributed by atoms with E-state index in [0.29, 0.717) is 0 Å². The average Bonchev–Trinajstić information content (AvgIpc) is 2.36. The standard InChI is InChI=1S/C16H26N4O2.HI/c1-11(2)22-13-8-6-12(7-9-13)19-15(17)18-10-14(21)20-16(3,4)5;/h6-9,11H,10H2,1-5H3,(H,20,21)(H3,17,18,19);1H. The van der Waals surface area contributed by atoms with Gasteiger partial charge in [0.1, 0.15) is 12.3 Å². The Balaban J connectivity index is 0.00000484. The van der Waals surface area contributed by atoms with Crippen LogP contribution in [0, 0.1) is 0 Å². The van der Waals surface area contributed by atoms with Gasteiger partial charge in [0.05, 0.1) is 6.10 Å². The molecule has 4 N–H and O–H groups in total. The summed E-state index contributed by atoms with van der Waals surface area (Å²) in [7, 11) is 0. The molecule has 0 spiro atoms. The van der Waals surface area contributed by atoms with Crippen molar-refractivity contribution in [2.75, 3.05) is 11.9 Å². The van der Waals surface area contributed by atoms with Crippen molar-refractivity contribution in [3.63, 3.8) is 0 Å². The van der Waals surface area contributed by atoms with Crippen LogP contribution in [0.3, 0.4) is 0 Å². The van der Waals surface area contributed by atoms with Crippen molar-refractivity contribution in [3.05, 3.63) is 24.3 Å². The third kappa shape index (κ3) is 9.98. The third-order valence-electron chi connectivity index (χ3n) is 2.41. The Hall–Kier alpha value is -1.51. The lowest BCUT2D eigenvalue weighted by Gasteiger charge is -2.19. The fourth-order valence-electron chi connectivity index (χ4n) is 1.69. The molecule has 6 nitrogen and oxygen atoms in total. The summed E-state index contributed by atoms with van der Waals surface area (Å²) in [6.45, 7) is 9.68. The van der Waals surface area contributed by atoms with Crippen LogP contribution in [-0.4, -0.2) is 30.1 Å². The molecule has 1 amide bonds. The fraction of sp³-hybridized carbons (Fsp3) is 0.500. The van der Waals surface area contributed by atoms with Crippen LogP contribution in [0.4, 0.5) is 5.69 Å². The number of guanidine groups is 1. The maximum atomic E-state index is 11.6. The highest BCUT2D eigenvalue weighted by atomic mass is 127. The van der Waals surface area contributed by atoms with E-state index < -0.39 is 0 Å². The number of nitrogens with one attached hydrogen (secondary N) is 2. The molecule has 0 fully saturated rings. The SMILES string of the molecule is CC(C)Oc1ccc(NC(N)=NCC(=O)NC(C)(C)C)cc1.I. The van der Waals surface area contributed by atoms with Crippen LogP contribution in [0.2, 0.25) is 0 Å². The average molecular weight is 434 g/mol. The van der Waals surface area contributed by atoms with Crippen LogP contribution in [0.5, 0.6) is 5.75 Å². The van der Waals surface area contributed by atoms with Crippen molar-refractivity contribution in [3.8, 4) is 5.75 Å². The molecule has 0 radical (unpaired) electrons. The molecule has 0 aliphatic heterocycles. The molecule has 1 aromatic rings. The largest absolute Gasteiger partial charge is 0.491 e. The van der Waals surface area contributed by atoms with E-state index in [9.17, 15) is 4.79 Å². The number of nitrogens with two attached hydrogens (primary N) is 1. The first-order chi connectivity index (χ1) is 10.2. The number of carbonyl (C=O) groups excluding carboxylic acids is 1. The molecule has 0 saturated carbocycles. The first-order valence-electron chi connectivity index (χ1n) is 7.30. The quantitative estimate of drug-likeness (QED) is 0.378. The van der Waals surface area contributed by atoms with E-state index in [2.05, 4.69) is 15.6 Å². The molecule has 0 aromatic heterocycles. The number of anilines is 1. The van der Waals surface area contributed by atoms with Crippen LogP contribution >= 0.6 is 24.0 Å². The Morgan fingerprint density at radius 2 is 1.83 bits per heavy atom. The van der Waals surface area contributed by atoms with Gasteiger partial charge in [0.2, 0.25) is 5.91 Å². The summed E-state index contributed by atoms with van der Waals surface area (Å²) in [5.41, 5.74) is 6.27. The predicted octanol–water partition coefficient (Wildman–Crippen LogP) is 2.73. The van der Waals surface area contributed by atoms with Gasteiger partial charge in [0, 0.05) is 11.2 Å². The summed E-state index contributed by atoms with van der Waals surface area (Å²) < 4.78 is 5.56. The van der Waals surface area contributed by atoms with Crippen LogP contribution in [0.25, 0.3) is 0 Å². The van der Waals surface area contributed by atoms with Gasteiger partial charge in [0.25, 0.3) is 0 Å². The van der Waals surface area contributed by atoms with Gasteiger partial charge in [-0.15, -0.1) is 24.0 Å². The molecule has 1 aromatic carbocycles. The fourth-order valence-corrected chi connectivity index (χ4v) is 1.69. The predicted molar refractivity (Wildman–Crippen MR) is 106 cm³/mol. The number of amides is 1. The molecule has 0 unspecified atom stereocenters. The second-order valence-electron chi connectivity index (χ2n) is 6.32. The zero-order valence-electron chi connectivity index (χ0n) is 14.3. The van der Waals surface area contributed by atoms with Crippen LogP contribution in [-0.2, 0) is 4.79 Å². The van der Waals surface area contributed by atoms with Crippen molar-refractivity contribution < 1.29 is 9.53 Å². The van der Waals surface area contributed by atoms with Gasteiger partial charge < -0.3 is 21.1 Å². The molecule has 0 aliphatic rings. The van der Waals surface area contributed by atoms with E-state index in [1.807, 2.05) is 58.9 Å². The summed E-state index contributed by atoms with van der Waals surface area (Å²) in [4.78, 5) is 15.7. The Morgan fingerprint density at radius 1 is 1.26 bits per heavy atom. The highest BCUT2D eigenvalue weighted by molar-refractivity contribution is 14.0. The van der Waals surface area contributed by atoms with Gasteiger partial charge in [-0.1, -0.05) is 0 Å². The van der Waals surface area contributed by atoms with Crippen molar-refractivity contribution in [2.24, 2.45) is 10.7 Å². The van der Waals surface area contributed by atoms with E-state index in [4.69, 9.17) is 10.5 Å². The Morgan fingerprint density at radius 3 is 2.30 bits per heavy atom. The summed E-state index contributed by atoms with van der Waals surface area (Å²) in [5.74, 6) is 0.820. The van der Waals surface area contributed by atoms with E-state index in [0.717, 1.165) is 11.4 Å². The highest BCUT2D eigenvalue weighted by Crippen LogP contribution is 2.16. The first-order valence-corrected chi connectivity index (χ1v) is 7.30. The molecule has 1 rings (SSSR count). The molecular formula is C16H27IN4O2. The lowest BCUT2D eigenvalue weighted by atomic mass is 10.1. The zero-order valence-corrected chi connectivity index (χ0v) is 16.7. The molecular weight excluding hydrogens is 407 g/mol. The number of aliphatic imine (C=N–C) groups is 1. The molecule has 130 valence electrons. The number of halogens is 1. The molecule has 23 heavy (non-hydrogen) atoms. The van der Waals surface area contributed by atoms with E-state index >= 15 is 0 Å². The second kappa shape index (κ2) is 9.59. The minimum Gasteiger partial charge on any atom is -0.491 e. The minimum absolute atomic E-state index is 0. The molecule has 7 heteroatoms. The smallest absolute Gasteiger partial charge is 0.242 e. The van der Waals surface area contributed by atoms with Gasteiger partial charge in [-0.05, 0) is 58.9 Å². The van der Waals surface area contributed by atoms with Crippen molar-refractivity contribution in [1.29, 1.82) is 0 Å². The molecule has 0 heterocycles. The third-order valence-corrected chi connectivity index (χ3v) is 2.41. The van der Waals surface area contributed by atoms with Crippen molar-refractivity contribution in [1.82, 2.24) is 5.32 Å². The number of hydrogen-bond donors (Lipinski definition) is 3. The second-order valence-corrected chi connectivity index (χ2v) is 6.32. The normalized spacial score (nSPS) is 11.7. The zero-order chi connectivity index (χ0) is 16.8. The van der Waals surface area contributed by atoms with Crippen molar-refractivity contribution >= 4 is 41.5 Å². The van der Waals surface area contributed by atoms with Crippen LogP contribution in [0.15, 0.2) is 29.3 Å². The van der Waals surface area contributed by atoms with Crippen molar-refractivity contribution in [2.45, 2.75) is 46.3 Å². The Labute approximate surface area is 155 Å². The monoisotopic (exact) mass is 434 g/mol. The number of nitrogens with zero attached hydrogens (tertiary/aromatic N) is 1. The van der Waals surface area contributed by atoms with Gasteiger partial charge >= 0.3 is 0 Å².